The molecular formula is C8H12Li2. The summed E-state index contributed by atoms with van der Waals surface area (Å²) in [5.41, 5.74) is 0. The van der Waals surface area contributed by atoms with Crippen LogP contribution >= 0.6 is 0 Å². The van der Waals surface area contributed by atoms with Crippen molar-refractivity contribution in [1.29, 1.82) is 0 Å². The van der Waals surface area contributed by atoms with E-state index in [-0.39, 0.29) is 0 Å². The molecule has 0 aromatic heterocycles. The molecular weight excluding hydrogens is 110 g/mol. The summed E-state index contributed by atoms with van der Waals surface area (Å²) in [5.74, 6) is 3.15. The van der Waals surface area contributed by atoms with Crippen LogP contribution in [-0.2, 0) is 0 Å². The standard InChI is InChI=1S/C8H12.2Li/c1-3-5-7-8-6-4-2;;/h6H,3,5,7-8H2,1H3;;. The van der Waals surface area contributed by atoms with Crippen molar-refractivity contribution in [3.63, 3.8) is 0 Å². The van der Waals surface area contributed by atoms with Gasteiger partial charge in [-0.1, -0.05) is 0 Å². The van der Waals surface area contributed by atoms with Crippen molar-refractivity contribution in [3.05, 3.63) is 0 Å². The molecule has 0 N–H and O–H groups in total. The fourth-order valence-electron chi connectivity index (χ4n) is 1.02. The predicted octanol–water partition coefficient (Wildman–Crippen LogP) is 1.65. The first-order valence-electron chi connectivity index (χ1n) is 4.23. The van der Waals surface area contributed by atoms with Crippen LogP contribution in [0.1, 0.15) is 32.6 Å². The van der Waals surface area contributed by atoms with Gasteiger partial charge in [0.05, 0.1) is 0 Å². The summed E-state index contributed by atoms with van der Waals surface area (Å²) >= 11 is 4.11. The quantitative estimate of drug-likeness (QED) is 0.302. The zero-order valence-electron chi connectivity index (χ0n) is 7.41. The van der Waals surface area contributed by atoms with Crippen LogP contribution in [-0.4, -0.2) is 35.4 Å². The van der Waals surface area contributed by atoms with Gasteiger partial charge in [-0.25, -0.2) is 0 Å². The Morgan fingerprint density at radius 1 is 1.40 bits per heavy atom. The van der Waals surface area contributed by atoms with Crippen molar-refractivity contribution in [2.45, 2.75) is 37.2 Å². The van der Waals surface area contributed by atoms with Gasteiger partial charge in [-0.15, -0.1) is 0 Å². The van der Waals surface area contributed by atoms with E-state index >= 15 is 0 Å². The average molecular weight is 122 g/mol. The summed E-state index contributed by atoms with van der Waals surface area (Å²) in [6.07, 6.45) is 5.28. The van der Waals surface area contributed by atoms with Crippen molar-refractivity contribution in [1.82, 2.24) is 0 Å². The Hall–Kier alpha value is 0.755. The number of rotatable bonds is 4. The summed E-state index contributed by atoms with van der Waals surface area (Å²) in [4.78, 5) is 0. The first-order valence-corrected chi connectivity index (χ1v) is 4.23. The van der Waals surface area contributed by atoms with E-state index in [1.54, 1.807) is 0 Å². The van der Waals surface area contributed by atoms with Crippen LogP contribution in [0.25, 0.3) is 0 Å². The molecule has 0 fully saturated rings. The Kier molecular flexibility index (Phi) is 8.45. The van der Waals surface area contributed by atoms with E-state index in [1.807, 2.05) is 17.7 Å². The van der Waals surface area contributed by atoms with Gasteiger partial charge >= 0.3 is 83.1 Å². The Labute approximate surface area is 82.9 Å². The Bertz CT molecular complexity index is 121. The molecule has 2 heteroatoms. The third kappa shape index (κ3) is 6.87. The van der Waals surface area contributed by atoms with Crippen LogP contribution in [0.5, 0.6) is 0 Å². The molecule has 10 heavy (non-hydrogen) atoms. The molecule has 0 saturated heterocycles. The molecule has 1 unspecified atom stereocenters. The van der Waals surface area contributed by atoms with Crippen LogP contribution < -0.4 is 0 Å². The van der Waals surface area contributed by atoms with Gasteiger partial charge in [-0.2, -0.15) is 0 Å². The van der Waals surface area contributed by atoms with Gasteiger partial charge in [0.25, 0.3) is 0 Å². The van der Waals surface area contributed by atoms with Crippen molar-refractivity contribution < 1.29 is 0 Å². The van der Waals surface area contributed by atoms with E-state index in [0.717, 1.165) is 0 Å². The maximum absolute atomic E-state index is 3.15. The predicted molar refractivity (Wildman–Crippen MR) is 47.2 cm³/mol. The van der Waals surface area contributed by atoms with E-state index < -0.39 is 0 Å². The Morgan fingerprint density at radius 3 is 2.60 bits per heavy atom. The number of hydrogen-bond donors (Lipinski definition) is 0. The summed E-state index contributed by atoms with van der Waals surface area (Å²) in [7, 11) is 0. The Morgan fingerprint density at radius 2 is 2.10 bits per heavy atom. The molecule has 0 spiro atoms. The van der Waals surface area contributed by atoms with Gasteiger partial charge in [0, 0.05) is 0 Å². The second kappa shape index (κ2) is 7.86. The fourth-order valence-corrected chi connectivity index (χ4v) is 1.02. The second-order valence-corrected chi connectivity index (χ2v) is 2.79. The minimum absolute atomic E-state index is 0.608. The van der Waals surface area contributed by atoms with Crippen LogP contribution in [0.2, 0.25) is 4.59 Å². The van der Waals surface area contributed by atoms with Gasteiger partial charge in [0.1, 0.15) is 0 Å². The molecule has 0 aliphatic heterocycles. The third-order valence-electron chi connectivity index (χ3n) is 1.63. The first-order chi connectivity index (χ1) is 4.81. The molecule has 1 atom stereocenters. The molecule has 0 amide bonds. The zero-order valence-corrected chi connectivity index (χ0v) is 7.41. The van der Waals surface area contributed by atoms with Crippen LogP contribution in [0, 0.1) is 10.5 Å². The fraction of sp³-hybridized carbons (Fsp3) is 0.750. The third-order valence-corrected chi connectivity index (χ3v) is 1.63. The van der Waals surface area contributed by atoms with Crippen molar-refractivity contribution in [2.75, 3.05) is 0 Å². The number of hydrogen-bond acceptors (Lipinski definition) is 0. The van der Waals surface area contributed by atoms with E-state index in [9.17, 15) is 0 Å². The SMILES string of the molecule is [Li][C]#C[CH]([Li])CCCCC. The molecule has 0 rings (SSSR count). The van der Waals surface area contributed by atoms with E-state index in [2.05, 4.69) is 35.2 Å². The normalized spacial score (nSPS) is 12.1. The van der Waals surface area contributed by atoms with Gasteiger partial charge in [-0.3, -0.25) is 0 Å². The molecule has 0 heterocycles. The minimum atomic E-state index is 0.608. The maximum atomic E-state index is 3.15. The molecule has 0 radical (unpaired) electrons. The van der Waals surface area contributed by atoms with Gasteiger partial charge in [0.15, 0.2) is 0 Å². The van der Waals surface area contributed by atoms with Gasteiger partial charge in [-0.05, 0) is 0 Å². The molecule has 46 valence electrons. The molecule has 0 bridgehead atoms. The summed E-state index contributed by atoms with van der Waals surface area (Å²) in [6.45, 7) is 2.23. The molecule has 0 aliphatic rings. The van der Waals surface area contributed by atoms with Crippen molar-refractivity contribution in [2.24, 2.45) is 0 Å². The van der Waals surface area contributed by atoms with E-state index in [1.165, 1.54) is 25.7 Å². The van der Waals surface area contributed by atoms with Gasteiger partial charge < -0.3 is 0 Å². The summed E-state index contributed by atoms with van der Waals surface area (Å²) < 4.78 is 3.55. The van der Waals surface area contributed by atoms with Crippen LogP contribution in [0.3, 0.4) is 0 Å². The van der Waals surface area contributed by atoms with Crippen molar-refractivity contribution in [3.8, 4) is 10.5 Å². The molecule has 0 aliphatic carbocycles. The van der Waals surface area contributed by atoms with Crippen LogP contribution in [0.4, 0.5) is 0 Å². The first kappa shape index (κ1) is 10.8. The molecule has 0 nitrogen and oxygen atoms in total. The molecule has 0 aromatic rings. The zero-order chi connectivity index (χ0) is 7.82. The van der Waals surface area contributed by atoms with Gasteiger partial charge in [0.2, 0.25) is 0 Å². The monoisotopic (exact) mass is 122 g/mol. The van der Waals surface area contributed by atoms with Crippen LogP contribution in [0.15, 0.2) is 0 Å². The van der Waals surface area contributed by atoms with E-state index in [4.69, 9.17) is 0 Å². The summed E-state index contributed by atoms with van der Waals surface area (Å²) in [5, 5.41) is 0. The van der Waals surface area contributed by atoms with Crippen molar-refractivity contribution >= 4 is 35.4 Å². The second-order valence-electron chi connectivity index (χ2n) is 2.79. The molecule has 0 aromatic carbocycles. The summed E-state index contributed by atoms with van der Waals surface area (Å²) in [6, 6.07) is 0. The number of unbranched alkanes of at least 4 members (excludes halogenated alkanes) is 2. The topological polar surface area (TPSA) is 0 Å². The molecule has 0 saturated carbocycles. The Balaban J connectivity index is 3.18. The van der Waals surface area contributed by atoms with E-state index in [0.29, 0.717) is 4.59 Å². The average Bonchev–Trinajstić information content (AvgIpc) is 1.89.